The number of nitrogens with zero attached hydrogens (tertiary/aromatic N) is 6. The summed E-state index contributed by atoms with van der Waals surface area (Å²) in [5.41, 5.74) is 19.5. The van der Waals surface area contributed by atoms with Crippen LogP contribution in [0, 0.1) is 0 Å². The van der Waals surface area contributed by atoms with Gasteiger partial charge in [0.1, 0.15) is 0 Å². The molecule has 0 amide bonds. The second-order valence-corrected chi connectivity index (χ2v) is 19.5. The van der Waals surface area contributed by atoms with Gasteiger partial charge in [-0.3, -0.25) is 4.57 Å². The molecule has 13 rings (SSSR count). The third-order valence-corrected chi connectivity index (χ3v) is 14.5. The highest BCUT2D eigenvalue weighted by Crippen LogP contribution is 2.40. The Hall–Kier alpha value is -10.8. The summed E-state index contributed by atoms with van der Waals surface area (Å²) in [5, 5.41) is 9.88. The van der Waals surface area contributed by atoms with Crippen molar-refractivity contribution in [1.82, 2.24) is 14.8 Å². The highest BCUT2D eigenvalue weighted by atomic mass is 15.3. The van der Waals surface area contributed by atoms with Gasteiger partial charge in [-0.2, -0.15) is 0 Å². The van der Waals surface area contributed by atoms with Gasteiger partial charge in [-0.15, -0.1) is 10.2 Å². The van der Waals surface area contributed by atoms with Crippen molar-refractivity contribution in [2.45, 2.75) is 0 Å². The minimum absolute atomic E-state index is 0.753. The summed E-state index contributed by atoms with van der Waals surface area (Å²) >= 11 is 0. The Labute approximate surface area is 467 Å². The van der Waals surface area contributed by atoms with Crippen LogP contribution in [0.3, 0.4) is 0 Å². The van der Waals surface area contributed by atoms with E-state index in [0.29, 0.717) is 0 Å². The second-order valence-electron chi connectivity index (χ2n) is 19.5. The molecule has 0 saturated carbocycles. The van der Waals surface area contributed by atoms with E-state index in [9.17, 15) is 0 Å². The molecule has 1 aromatic heterocycles. The molecule has 0 aliphatic rings. The van der Waals surface area contributed by atoms with Crippen LogP contribution in [0.2, 0.25) is 0 Å². The normalized spacial score (nSPS) is 11.0. The van der Waals surface area contributed by atoms with Gasteiger partial charge in [-0.1, -0.05) is 206 Å². The molecule has 0 atom stereocenters. The van der Waals surface area contributed by atoms with Crippen molar-refractivity contribution in [3.63, 3.8) is 0 Å². The largest absolute Gasteiger partial charge is 0.311 e. The summed E-state index contributed by atoms with van der Waals surface area (Å²) in [5.74, 6) is 1.51. The van der Waals surface area contributed by atoms with Gasteiger partial charge in [0.05, 0.1) is 0 Å². The van der Waals surface area contributed by atoms with Crippen LogP contribution < -0.4 is 14.7 Å². The zero-order chi connectivity index (χ0) is 53.5. The smallest absolute Gasteiger partial charge is 0.168 e. The maximum absolute atomic E-state index is 4.94. The van der Waals surface area contributed by atoms with Crippen LogP contribution >= 0.6 is 0 Å². The summed E-state index contributed by atoms with van der Waals surface area (Å²) in [6.07, 6.45) is 0. The molecule has 6 nitrogen and oxygen atoms in total. The number of hydrogen-bond donors (Lipinski definition) is 0. The third kappa shape index (κ3) is 10.2. The van der Waals surface area contributed by atoms with Gasteiger partial charge in [0.15, 0.2) is 11.6 Å². The number of anilines is 9. The Kier molecular flexibility index (Phi) is 13.7. The molecule has 0 aliphatic carbocycles. The molecule has 0 aliphatic heterocycles. The summed E-state index contributed by atoms with van der Waals surface area (Å²) in [6.45, 7) is 0. The number of hydrogen-bond acceptors (Lipinski definition) is 5. The van der Waals surface area contributed by atoms with Crippen LogP contribution in [0.25, 0.3) is 61.8 Å². The number of para-hydroxylation sites is 6. The van der Waals surface area contributed by atoms with Gasteiger partial charge in [0.2, 0.25) is 0 Å². The van der Waals surface area contributed by atoms with Crippen molar-refractivity contribution in [3.8, 4) is 61.8 Å². The van der Waals surface area contributed by atoms with E-state index in [2.05, 4.69) is 347 Å². The fraction of sp³-hybridized carbons (Fsp3) is 0. The summed E-state index contributed by atoms with van der Waals surface area (Å²) < 4.78 is 2.18. The molecular weight excluding hydrogens is 973 g/mol. The fourth-order valence-electron chi connectivity index (χ4n) is 10.5. The SMILES string of the molecule is c1ccc(N(c2ccccc2)c2ccc(-c3ccc(-c4nnc(-c5ccc(-c6ccc(N(c7ccccc7)c7ccccc7)cc6)cc5)n4-c4ccc(-c5ccc(N(c6ccccc6)c6ccccc6)cc5)cc4)cc3)cc2)cc1. The lowest BCUT2D eigenvalue weighted by Crippen LogP contribution is -2.09. The summed E-state index contributed by atoms with van der Waals surface area (Å²) in [6, 6.07) is 115. The van der Waals surface area contributed by atoms with Gasteiger partial charge < -0.3 is 14.7 Å². The molecule has 13 aromatic rings. The summed E-state index contributed by atoms with van der Waals surface area (Å²) in [7, 11) is 0. The third-order valence-electron chi connectivity index (χ3n) is 14.5. The molecule has 6 heteroatoms. The molecule has 80 heavy (non-hydrogen) atoms. The molecule has 12 aromatic carbocycles. The first kappa shape index (κ1) is 48.8. The molecule has 1 heterocycles. The molecule has 380 valence electrons. The Morgan fingerprint density at radius 1 is 0.175 bits per heavy atom. The minimum atomic E-state index is 0.753. The first-order chi connectivity index (χ1) is 39.7. The van der Waals surface area contributed by atoms with E-state index in [0.717, 1.165) is 113 Å². The van der Waals surface area contributed by atoms with Gasteiger partial charge in [0.25, 0.3) is 0 Å². The Balaban J connectivity index is 0.818. The highest BCUT2D eigenvalue weighted by molar-refractivity contribution is 5.82. The van der Waals surface area contributed by atoms with Crippen molar-refractivity contribution in [2.75, 3.05) is 14.7 Å². The lowest BCUT2D eigenvalue weighted by atomic mass is 10.0. The molecule has 0 N–H and O–H groups in total. The zero-order valence-corrected chi connectivity index (χ0v) is 43.9. The van der Waals surface area contributed by atoms with Crippen molar-refractivity contribution >= 4 is 51.2 Å². The predicted octanol–water partition coefficient (Wildman–Crippen LogP) is 20.0. The second kappa shape index (κ2) is 22.4. The zero-order valence-electron chi connectivity index (χ0n) is 43.9. The van der Waals surface area contributed by atoms with Crippen molar-refractivity contribution in [3.05, 3.63) is 328 Å². The van der Waals surface area contributed by atoms with E-state index >= 15 is 0 Å². The predicted molar refractivity (Wildman–Crippen MR) is 333 cm³/mol. The molecular formula is C74H54N6. The quantitative estimate of drug-likeness (QED) is 0.102. The number of aromatic nitrogens is 3. The van der Waals surface area contributed by atoms with E-state index in [1.165, 1.54) is 0 Å². The molecule has 0 radical (unpaired) electrons. The first-order valence-electron chi connectivity index (χ1n) is 27.0. The van der Waals surface area contributed by atoms with Gasteiger partial charge in [-0.05, 0) is 155 Å². The van der Waals surface area contributed by atoms with Crippen molar-refractivity contribution in [1.29, 1.82) is 0 Å². The van der Waals surface area contributed by atoms with Crippen molar-refractivity contribution in [2.24, 2.45) is 0 Å². The first-order valence-corrected chi connectivity index (χ1v) is 27.0. The van der Waals surface area contributed by atoms with Crippen LogP contribution in [-0.4, -0.2) is 14.8 Å². The maximum atomic E-state index is 4.94. The van der Waals surface area contributed by atoms with E-state index < -0.39 is 0 Å². The minimum Gasteiger partial charge on any atom is -0.311 e. The highest BCUT2D eigenvalue weighted by Gasteiger charge is 2.20. The Morgan fingerprint density at radius 2 is 0.350 bits per heavy atom. The summed E-state index contributed by atoms with van der Waals surface area (Å²) in [4.78, 5) is 6.85. The van der Waals surface area contributed by atoms with Gasteiger partial charge >= 0.3 is 0 Å². The average Bonchev–Trinajstić information content (AvgIpc) is 4.13. The van der Waals surface area contributed by atoms with Gasteiger partial charge in [-0.25, -0.2) is 0 Å². The standard InChI is InChI=1S/C74H54N6/c1-7-19-63(20-8-1)77(64-21-9-2-10-22-64)69-47-39-57(40-48-69)55-31-35-61(36-32-55)73-75-76-74(62-37-33-56(34-38-62)58-41-49-70(50-42-58)78(65-23-11-3-12-24-65)66-25-13-4-14-26-66)80(73)72-53-45-60(46-54-72)59-43-51-71(52-44-59)79(67-27-15-5-16-28-67)68-29-17-6-18-30-68/h1-54H. The van der Waals surface area contributed by atoms with E-state index in [1.54, 1.807) is 0 Å². The molecule has 0 unspecified atom stereocenters. The fourth-order valence-corrected chi connectivity index (χ4v) is 10.5. The van der Waals surface area contributed by atoms with E-state index in [4.69, 9.17) is 10.2 Å². The monoisotopic (exact) mass is 1030 g/mol. The number of benzene rings is 12. The van der Waals surface area contributed by atoms with Crippen LogP contribution in [0.5, 0.6) is 0 Å². The molecule has 0 spiro atoms. The van der Waals surface area contributed by atoms with Crippen LogP contribution in [0.15, 0.2) is 328 Å². The Morgan fingerprint density at radius 3 is 0.575 bits per heavy atom. The van der Waals surface area contributed by atoms with Gasteiger partial charge in [0, 0.05) is 68.0 Å². The van der Waals surface area contributed by atoms with Crippen molar-refractivity contribution < 1.29 is 0 Å². The van der Waals surface area contributed by atoms with E-state index in [-0.39, 0.29) is 0 Å². The average molecular weight is 1030 g/mol. The van der Waals surface area contributed by atoms with Crippen LogP contribution in [0.1, 0.15) is 0 Å². The van der Waals surface area contributed by atoms with Crippen LogP contribution in [0.4, 0.5) is 51.2 Å². The molecule has 0 saturated heterocycles. The maximum Gasteiger partial charge on any atom is 0.168 e. The molecule has 0 bridgehead atoms. The topological polar surface area (TPSA) is 40.4 Å². The number of rotatable bonds is 15. The Bertz CT molecular complexity index is 3780. The van der Waals surface area contributed by atoms with E-state index in [1.807, 2.05) is 0 Å². The van der Waals surface area contributed by atoms with Crippen LogP contribution in [-0.2, 0) is 0 Å². The lowest BCUT2D eigenvalue weighted by Gasteiger charge is -2.25. The molecule has 0 fully saturated rings. The lowest BCUT2D eigenvalue weighted by molar-refractivity contribution is 1.07.